The number of benzene rings is 1. The van der Waals surface area contributed by atoms with E-state index in [1.807, 2.05) is 59.4 Å². The number of hydrogen-bond acceptors (Lipinski definition) is 4. The molecule has 0 radical (unpaired) electrons. The molecule has 3 aromatic heterocycles. The fraction of sp³-hybridized carbons (Fsp3) is 0. The Balaban J connectivity index is 1.74. The van der Waals surface area contributed by atoms with Crippen LogP contribution in [0.25, 0.3) is 22.6 Å². The summed E-state index contributed by atoms with van der Waals surface area (Å²) in [7, 11) is 0. The zero-order chi connectivity index (χ0) is 14.2. The summed E-state index contributed by atoms with van der Waals surface area (Å²) in [4.78, 5) is 5.52. The summed E-state index contributed by atoms with van der Waals surface area (Å²) >= 11 is 4.34. The fourth-order valence-corrected chi connectivity index (χ4v) is 2.45. The number of hydrogen-bond donors (Lipinski definition) is 1. The van der Waals surface area contributed by atoms with Gasteiger partial charge in [-0.15, -0.1) is 17.7 Å². The van der Waals surface area contributed by atoms with Gasteiger partial charge < -0.3 is 4.40 Å². The summed E-state index contributed by atoms with van der Waals surface area (Å²) < 4.78 is 3.70. The Labute approximate surface area is 126 Å². The molecule has 0 aliphatic rings. The Bertz CT molecular complexity index is 894. The highest BCUT2D eigenvalue weighted by atomic mass is 32.1. The Morgan fingerprint density at radius 1 is 0.952 bits per heavy atom. The van der Waals surface area contributed by atoms with E-state index in [0.29, 0.717) is 0 Å². The molecule has 1 aromatic carbocycles. The first-order valence-electron chi connectivity index (χ1n) is 6.44. The molecule has 6 heteroatoms. The SMILES string of the molecule is Sc1ccc2nc(-c3ccc(-n4ccnn4)cc3)cn2c1. The van der Waals surface area contributed by atoms with Crippen molar-refractivity contribution in [2.45, 2.75) is 4.90 Å². The van der Waals surface area contributed by atoms with Crippen LogP contribution >= 0.6 is 12.6 Å². The first kappa shape index (κ1) is 12.2. The number of imidazole rings is 1. The van der Waals surface area contributed by atoms with E-state index in [0.717, 1.165) is 27.5 Å². The van der Waals surface area contributed by atoms with Gasteiger partial charge in [0.25, 0.3) is 0 Å². The lowest BCUT2D eigenvalue weighted by atomic mass is 10.1. The number of aromatic nitrogens is 5. The van der Waals surface area contributed by atoms with Crippen molar-refractivity contribution in [3.63, 3.8) is 0 Å². The lowest BCUT2D eigenvalue weighted by Gasteiger charge is -2.01. The smallest absolute Gasteiger partial charge is 0.137 e. The molecular formula is C15H11N5S. The highest BCUT2D eigenvalue weighted by molar-refractivity contribution is 7.80. The van der Waals surface area contributed by atoms with Crippen LogP contribution in [0.2, 0.25) is 0 Å². The largest absolute Gasteiger partial charge is 0.305 e. The molecular weight excluding hydrogens is 282 g/mol. The minimum absolute atomic E-state index is 0.906. The number of nitrogens with zero attached hydrogens (tertiary/aromatic N) is 5. The molecule has 0 saturated heterocycles. The zero-order valence-electron chi connectivity index (χ0n) is 11.0. The van der Waals surface area contributed by atoms with Gasteiger partial charge in [0.15, 0.2) is 0 Å². The predicted molar refractivity (Wildman–Crippen MR) is 82.8 cm³/mol. The average molecular weight is 293 g/mol. The van der Waals surface area contributed by atoms with Crippen molar-refractivity contribution in [1.29, 1.82) is 0 Å². The van der Waals surface area contributed by atoms with Crippen LogP contribution in [0.4, 0.5) is 0 Å². The summed E-state index contributed by atoms with van der Waals surface area (Å²) in [5, 5.41) is 7.78. The fourth-order valence-electron chi connectivity index (χ4n) is 2.25. The van der Waals surface area contributed by atoms with Gasteiger partial charge in [0.2, 0.25) is 0 Å². The molecule has 21 heavy (non-hydrogen) atoms. The molecule has 0 aliphatic carbocycles. The number of pyridine rings is 1. The molecule has 0 bridgehead atoms. The second-order valence-electron chi connectivity index (χ2n) is 4.67. The Hall–Kier alpha value is -2.60. The van der Waals surface area contributed by atoms with Crippen LogP contribution in [0.5, 0.6) is 0 Å². The first-order chi connectivity index (χ1) is 10.3. The van der Waals surface area contributed by atoms with E-state index in [9.17, 15) is 0 Å². The van der Waals surface area contributed by atoms with E-state index in [4.69, 9.17) is 0 Å². The molecule has 0 amide bonds. The van der Waals surface area contributed by atoms with Gasteiger partial charge in [-0.05, 0) is 24.3 Å². The molecule has 0 aliphatic heterocycles. The van der Waals surface area contributed by atoms with Crippen molar-refractivity contribution < 1.29 is 0 Å². The van der Waals surface area contributed by atoms with Crippen LogP contribution < -0.4 is 0 Å². The van der Waals surface area contributed by atoms with E-state index in [1.54, 1.807) is 10.9 Å². The summed E-state index contributed by atoms with van der Waals surface area (Å²) in [6.45, 7) is 0. The summed E-state index contributed by atoms with van der Waals surface area (Å²) in [6.07, 6.45) is 7.41. The molecule has 4 rings (SSSR count). The Morgan fingerprint density at radius 3 is 2.57 bits per heavy atom. The molecule has 5 nitrogen and oxygen atoms in total. The van der Waals surface area contributed by atoms with Crippen molar-refractivity contribution in [1.82, 2.24) is 24.4 Å². The molecule has 3 heterocycles. The lowest BCUT2D eigenvalue weighted by Crippen LogP contribution is -1.94. The average Bonchev–Trinajstić information content (AvgIpc) is 3.16. The molecule has 102 valence electrons. The molecule has 0 saturated carbocycles. The van der Waals surface area contributed by atoms with Gasteiger partial charge in [0.1, 0.15) is 5.65 Å². The molecule has 0 unspecified atom stereocenters. The minimum Gasteiger partial charge on any atom is -0.305 e. The maximum absolute atomic E-state index is 4.61. The molecule has 0 spiro atoms. The predicted octanol–water partition coefficient (Wildman–Crippen LogP) is 2.87. The Kier molecular flexibility index (Phi) is 2.75. The van der Waals surface area contributed by atoms with Crippen LogP contribution in [-0.2, 0) is 0 Å². The topological polar surface area (TPSA) is 48.0 Å². The van der Waals surface area contributed by atoms with Crippen molar-refractivity contribution in [2.75, 3.05) is 0 Å². The zero-order valence-corrected chi connectivity index (χ0v) is 11.9. The van der Waals surface area contributed by atoms with Gasteiger partial charge in [-0.3, -0.25) is 0 Å². The summed E-state index contributed by atoms with van der Waals surface area (Å²) in [5.74, 6) is 0. The molecule has 0 fully saturated rings. The quantitative estimate of drug-likeness (QED) is 0.578. The lowest BCUT2D eigenvalue weighted by molar-refractivity contribution is 0.803. The maximum atomic E-state index is 4.61. The van der Waals surface area contributed by atoms with E-state index >= 15 is 0 Å². The van der Waals surface area contributed by atoms with Gasteiger partial charge in [0.05, 0.1) is 23.8 Å². The third-order valence-electron chi connectivity index (χ3n) is 3.29. The maximum Gasteiger partial charge on any atom is 0.137 e. The first-order valence-corrected chi connectivity index (χ1v) is 6.89. The van der Waals surface area contributed by atoms with Crippen LogP contribution in [0, 0.1) is 0 Å². The van der Waals surface area contributed by atoms with Crippen LogP contribution in [0.1, 0.15) is 0 Å². The minimum atomic E-state index is 0.906. The van der Waals surface area contributed by atoms with Crippen molar-refractivity contribution in [2.24, 2.45) is 0 Å². The van der Waals surface area contributed by atoms with E-state index in [2.05, 4.69) is 27.9 Å². The van der Waals surface area contributed by atoms with Gasteiger partial charge in [-0.1, -0.05) is 17.3 Å². The van der Waals surface area contributed by atoms with Crippen molar-refractivity contribution >= 4 is 18.3 Å². The number of rotatable bonds is 2. The highest BCUT2D eigenvalue weighted by Crippen LogP contribution is 2.21. The standard InChI is InChI=1S/C15H11N5S/c21-13-5-6-15-17-14(10-19(15)9-13)11-1-3-12(4-2-11)20-8-7-16-18-20/h1-10,21H. The molecule has 0 atom stereocenters. The third kappa shape index (κ3) is 2.19. The highest BCUT2D eigenvalue weighted by Gasteiger charge is 2.05. The number of fused-ring (bicyclic) bond motifs is 1. The summed E-state index contributed by atoms with van der Waals surface area (Å²) in [5.41, 5.74) is 3.86. The Morgan fingerprint density at radius 2 is 1.81 bits per heavy atom. The van der Waals surface area contributed by atoms with Crippen molar-refractivity contribution in [3.8, 4) is 16.9 Å². The molecule has 0 N–H and O–H groups in total. The number of thiol groups is 1. The van der Waals surface area contributed by atoms with Crippen LogP contribution in [0.3, 0.4) is 0 Å². The van der Waals surface area contributed by atoms with Gasteiger partial charge in [-0.2, -0.15) is 0 Å². The normalized spacial score (nSPS) is 11.1. The van der Waals surface area contributed by atoms with Gasteiger partial charge in [-0.25, -0.2) is 9.67 Å². The van der Waals surface area contributed by atoms with Crippen LogP contribution in [-0.4, -0.2) is 24.4 Å². The van der Waals surface area contributed by atoms with Crippen LogP contribution in [0.15, 0.2) is 66.1 Å². The second-order valence-corrected chi connectivity index (χ2v) is 5.19. The summed E-state index contributed by atoms with van der Waals surface area (Å²) in [6, 6.07) is 11.9. The second kappa shape index (κ2) is 4.75. The third-order valence-corrected chi connectivity index (χ3v) is 3.55. The van der Waals surface area contributed by atoms with E-state index < -0.39 is 0 Å². The van der Waals surface area contributed by atoms with E-state index in [1.165, 1.54) is 0 Å². The van der Waals surface area contributed by atoms with Gasteiger partial charge in [0, 0.05) is 22.9 Å². The van der Waals surface area contributed by atoms with E-state index in [-0.39, 0.29) is 0 Å². The van der Waals surface area contributed by atoms with Crippen molar-refractivity contribution in [3.05, 3.63) is 61.2 Å². The molecule has 4 aromatic rings. The van der Waals surface area contributed by atoms with Gasteiger partial charge >= 0.3 is 0 Å². The monoisotopic (exact) mass is 293 g/mol.